The van der Waals surface area contributed by atoms with Gasteiger partial charge < -0.3 is 18.9 Å². The van der Waals surface area contributed by atoms with Crippen molar-refractivity contribution < 1.29 is 18.9 Å². The van der Waals surface area contributed by atoms with Gasteiger partial charge in [0, 0.05) is 5.56 Å². The van der Waals surface area contributed by atoms with E-state index in [-0.39, 0.29) is 12.4 Å². The highest BCUT2D eigenvalue weighted by molar-refractivity contribution is 5.56. The molecule has 1 aliphatic heterocycles. The second kappa shape index (κ2) is 13.3. The minimum absolute atomic E-state index is 0.0780. The summed E-state index contributed by atoms with van der Waals surface area (Å²) in [5.74, 6) is 2.05. The molecule has 182 valence electrons. The first-order valence-electron chi connectivity index (χ1n) is 12.2. The second-order valence-corrected chi connectivity index (χ2v) is 8.32. The first kappa shape index (κ1) is 24.5. The van der Waals surface area contributed by atoms with E-state index < -0.39 is 0 Å². The number of unbranched alkanes of at least 4 members (excludes halogenated alkanes) is 2. The predicted octanol–water partition coefficient (Wildman–Crippen LogP) is 6.49. The minimum Gasteiger partial charge on any atom is -0.489 e. The smallest absolute Gasteiger partial charge is 0.219 e. The van der Waals surface area contributed by atoms with Crippen LogP contribution in [0.1, 0.15) is 38.2 Å². The summed E-state index contributed by atoms with van der Waals surface area (Å²) in [5.41, 5.74) is 2.05. The van der Waals surface area contributed by atoms with Crippen molar-refractivity contribution in [3.05, 3.63) is 97.0 Å². The van der Waals surface area contributed by atoms with Crippen LogP contribution >= 0.6 is 0 Å². The number of rotatable bonds is 13. The molecule has 35 heavy (non-hydrogen) atoms. The number of hydrogen-bond donors (Lipinski definition) is 0. The van der Waals surface area contributed by atoms with Crippen molar-refractivity contribution in [2.24, 2.45) is 0 Å². The van der Waals surface area contributed by atoms with Gasteiger partial charge in [-0.3, -0.25) is 0 Å². The molecule has 0 bridgehead atoms. The summed E-state index contributed by atoms with van der Waals surface area (Å²) in [6.07, 6.45) is 14.5. The maximum atomic E-state index is 6.07. The Morgan fingerprint density at radius 1 is 0.886 bits per heavy atom. The summed E-state index contributed by atoms with van der Waals surface area (Å²) in [6, 6.07) is 17.9. The zero-order valence-electron chi connectivity index (χ0n) is 20.1. The van der Waals surface area contributed by atoms with Crippen molar-refractivity contribution in [1.29, 1.82) is 0 Å². The van der Waals surface area contributed by atoms with Gasteiger partial charge in [-0.1, -0.05) is 62.6 Å². The monoisotopic (exact) mass is 472 g/mol. The first-order valence-corrected chi connectivity index (χ1v) is 12.2. The fourth-order valence-corrected chi connectivity index (χ4v) is 3.62. The van der Waals surface area contributed by atoms with Gasteiger partial charge in [-0.05, 0) is 48.4 Å². The molecule has 3 aromatic rings. The van der Waals surface area contributed by atoms with Gasteiger partial charge >= 0.3 is 0 Å². The van der Waals surface area contributed by atoms with Crippen molar-refractivity contribution in [3.63, 3.8) is 0 Å². The number of benzene rings is 2. The molecule has 1 aliphatic rings. The zero-order valence-corrected chi connectivity index (χ0v) is 20.1. The number of aromatic nitrogens is 2. The Morgan fingerprint density at radius 3 is 2.40 bits per heavy atom. The predicted molar refractivity (Wildman–Crippen MR) is 136 cm³/mol. The molecular weight excluding hydrogens is 440 g/mol. The van der Waals surface area contributed by atoms with E-state index in [1.165, 1.54) is 0 Å². The summed E-state index contributed by atoms with van der Waals surface area (Å²) in [7, 11) is 0. The highest BCUT2D eigenvalue weighted by Crippen LogP contribution is 2.22. The molecule has 4 rings (SSSR count). The number of ether oxygens (including phenoxy) is 4. The zero-order chi connectivity index (χ0) is 24.1. The van der Waals surface area contributed by atoms with E-state index in [4.69, 9.17) is 18.9 Å². The van der Waals surface area contributed by atoms with Crippen molar-refractivity contribution in [3.8, 4) is 22.9 Å². The molecular formula is C29H32N2O4. The molecule has 0 N–H and O–H groups in total. The fraction of sp³-hybridized carbons (Fsp3) is 0.310. The Kier molecular flexibility index (Phi) is 9.30. The summed E-state index contributed by atoms with van der Waals surface area (Å²) in [5, 5.41) is 0. The van der Waals surface area contributed by atoms with Crippen LogP contribution in [0.2, 0.25) is 0 Å². The van der Waals surface area contributed by atoms with Crippen LogP contribution in [0, 0.1) is 0 Å². The minimum atomic E-state index is -0.381. The average molecular weight is 473 g/mol. The molecule has 6 heteroatoms. The molecule has 0 saturated heterocycles. The van der Waals surface area contributed by atoms with Crippen LogP contribution < -0.4 is 9.47 Å². The maximum absolute atomic E-state index is 6.07. The second-order valence-electron chi connectivity index (χ2n) is 8.32. The van der Waals surface area contributed by atoms with Gasteiger partial charge in [0.15, 0.2) is 11.6 Å². The van der Waals surface area contributed by atoms with E-state index in [1.807, 2.05) is 72.8 Å². The van der Waals surface area contributed by atoms with Gasteiger partial charge in [0.1, 0.15) is 19.0 Å². The molecule has 2 atom stereocenters. The SMILES string of the molecule is CCCCCC(COc1cnc(-c2ccc(OCc3ccccc3)cc2)nc1)O[C@@H]1C=CC=CO1. The van der Waals surface area contributed by atoms with Gasteiger partial charge in [0.05, 0.1) is 24.8 Å². The number of hydrogen-bond acceptors (Lipinski definition) is 6. The molecule has 0 saturated carbocycles. The Balaban J connectivity index is 1.29. The third-order valence-corrected chi connectivity index (χ3v) is 5.55. The molecule has 1 unspecified atom stereocenters. The molecule has 2 aromatic carbocycles. The number of nitrogens with zero attached hydrogens (tertiary/aromatic N) is 2. The lowest BCUT2D eigenvalue weighted by molar-refractivity contribution is -0.124. The van der Waals surface area contributed by atoms with E-state index in [0.29, 0.717) is 24.8 Å². The van der Waals surface area contributed by atoms with Crippen LogP contribution in [0.25, 0.3) is 11.4 Å². The Hall–Kier alpha value is -3.64. The molecule has 0 aliphatic carbocycles. The van der Waals surface area contributed by atoms with Gasteiger partial charge in [0.2, 0.25) is 6.29 Å². The average Bonchev–Trinajstić information content (AvgIpc) is 2.92. The van der Waals surface area contributed by atoms with Crippen LogP contribution in [0.15, 0.2) is 91.5 Å². The van der Waals surface area contributed by atoms with E-state index >= 15 is 0 Å². The van der Waals surface area contributed by atoms with Crippen LogP contribution in [-0.2, 0) is 16.1 Å². The number of allylic oxidation sites excluding steroid dienone is 2. The van der Waals surface area contributed by atoms with E-state index in [9.17, 15) is 0 Å². The Bertz CT molecular complexity index is 1070. The van der Waals surface area contributed by atoms with E-state index in [1.54, 1.807) is 18.7 Å². The summed E-state index contributed by atoms with van der Waals surface area (Å²) in [4.78, 5) is 8.96. The first-order chi connectivity index (χ1) is 17.3. The van der Waals surface area contributed by atoms with Crippen LogP contribution in [0.5, 0.6) is 11.5 Å². The Morgan fingerprint density at radius 2 is 1.69 bits per heavy atom. The summed E-state index contributed by atoms with van der Waals surface area (Å²) in [6.45, 7) is 3.14. The van der Waals surface area contributed by atoms with Crippen molar-refractivity contribution in [2.45, 2.75) is 51.6 Å². The van der Waals surface area contributed by atoms with Crippen LogP contribution in [0.3, 0.4) is 0 Å². The molecule has 0 amide bonds. The summed E-state index contributed by atoms with van der Waals surface area (Å²) >= 11 is 0. The van der Waals surface area contributed by atoms with E-state index in [2.05, 4.69) is 16.9 Å². The summed E-state index contributed by atoms with van der Waals surface area (Å²) < 4.78 is 23.4. The van der Waals surface area contributed by atoms with Crippen LogP contribution in [0.4, 0.5) is 0 Å². The standard InChI is InChI=1S/C29H32N2O4/c1-2-3-5-12-26(35-28-13-8-9-18-32-28)22-34-27-19-30-29(31-20-27)24-14-16-25(17-15-24)33-21-23-10-6-4-7-11-23/h4,6-11,13-20,26,28H,2-3,5,12,21-22H2,1H3/t26?,28-/m1/s1. The Labute approximate surface area is 207 Å². The van der Waals surface area contributed by atoms with Gasteiger partial charge in [-0.15, -0.1) is 0 Å². The van der Waals surface area contributed by atoms with Gasteiger partial charge in [-0.25, -0.2) is 9.97 Å². The third kappa shape index (κ3) is 7.97. The highest BCUT2D eigenvalue weighted by atomic mass is 16.7. The van der Waals surface area contributed by atoms with Crippen LogP contribution in [-0.4, -0.2) is 29.0 Å². The van der Waals surface area contributed by atoms with Crippen molar-refractivity contribution >= 4 is 0 Å². The fourth-order valence-electron chi connectivity index (χ4n) is 3.62. The topological polar surface area (TPSA) is 62.7 Å². The van der Waals surface area contributed by atoms with E-state index in [0.717, 1.165) is 42.6 Å². The quantitative estimate of drug-likeness (QED) is 0.265. The lowest BCUT2D eigenvalue weighted by Gasteiger charge is -2.23. The normalized spacial score (nSPS) is 15.4. The highest BCUT2D eigenvalue weighted by Gasteiger charge is 2.17. The molecule has 6 nitrogen and oxygen atoms in total. The van der Waals surface area contributed by atoms with Gasteiger partial charge in [0.25, 0.3) is 0 Å². The van der Waals surface area contributed by atoms with Crippen molar-refractivity contribution in [2.75, 3.05) is 6.61 Å². The maximum Gasteiger partial charge on any atom is 0.219 e. The third-order valence-electron chi connectivity index (χ3n) is 5.55. The van der Waals surface area contributed by atoms with Crippen molar-refractivity contribution in [1.82, 2.24) is 9.97 Å². The lowest BCUT2D eigenvalue weighted by Crippen LogP contribution is -2.28. The molecule has 0 fully saturated rings. The lowest BCUT2D eigenvalue weighted by atomic mass is 10.1. The van der Waals surface area contributed by atoms with Gasteiger partial charge in [-0.2, -0.15) is 0 Å². The molecule has 1 aromatic heterocycles. The molecule has 0 spiro atoms. The largest absolute Gasteiger partial charge is 0.489 e. The molecule has 2 heterocycles. The molecule has 0 radical (unpaired) electrons.